The summed E-state index contributed by atoms with van der Waals surface area (Å²) >= 11 is 0. The fourth-order valence-electron chi connectivity index (χ4n) is 2.87. The van der Waals surface area contributed by atoms with Crippen molar-refractivity contribution in [1.29, 1.82) is 0 Å². The summed E-state index contributed by atoms with van der Waals surface area (Å²) < 4.78 is 5.53. The Morgan fingerprint density at radius 2 is 2.25 bits per heavy atom. The van der Waals surface area contributed by atoms with Crippen LogP contribution in [0.3, 0.4) is 0 Å². The Labute approximate surface area is 118 Å². The molecule has 106 valence electrons. The number of fused-ring (bicyclic) bond motifs is 1. The molecule has 1 aromatic carbocycles. The van der Waals surface area contributed by atoms with Crippen molar-refractivity contribution < 1.29 is 9.21 Å². The highest BCUT2D eigenvalue weighted by molar-refractivity contribution is 5.98. The molecule has 20 heavy (non-hydrogen) atoms. The van der Waals surface area contributed by atoms with Crippen LogP contribution in [0.4, 0.5) is 0 Å². The maximum absolute atomic E-state index is 12.3. The van der Waals surface area contributed by atoms with Crippen LogP contribution in [0.5, 0.6) is 0 Å². The lowest BCUT2D eigenvalue weighted by atomic mass is 10.1. The summed E-state index contributed by atoms with van der Waals surface area (Å²) in [5.41, 5.74) is 1.53. The topological polar surface area (TPSA) is 45.5 Å². The Morgan fingerprint density at radius 1 is 1.40 bits per heavy atom. The first-order valence-electron chi connectivity index (χ1n) is 7.11. The number of piperidine rings is 1. The molecule has 3 rings (SSSR count). The van der Waals surface area contributed by atoms with Crippen molar-refractivity contribution in [2.75, 3.05) is 20.1 Å². The first-order valence-corrected chi connectivity index (χ1v) is 7.11. The summed E-state index contributed by atoms with van der Waals surface area (Å²) in [5.74, 6) is 0.873. The van der Waals surface area contributed by atoms with Gasteiger partial charge in [-0.25, -0.2) is 0 Å². The number of carbonyl (C=O) groups excluding carboxylic acids is 1. The van der Waals surface area contributed by atoms with Gasteiger partial charge in [0.1, 0.15) is 11.3 Å². The smallest absolute Gasteiger partial charge is 0.251 e. The van der Waals surface area contributed by atoms with Crippen molar-refractivity contribution in [3.63, 3.8) is 0 Å². The molecular formula is C16H20N2O2. The van der Waals surface area contributed by atoms with E-state index in [1.807, 2.05) is 31.2 Å². The summed E-state index contributed by atoms with van der Waals surface area (Å²) in [4.78, 5) is 14.6. The van der Waals surface area contributed by atoms with E-state index in [4.69, 9.17) is 4.42 Å². The third kappa shape index (κ3) is 2.70. The molecule has 1 atom stereocenters. The van der Waals surface area contributed by atoms with Gasteiger partial charge in [0, 0.05) is 23.5 Å². The van der Waals surface area contributed by atoms with Gasteiger partial charge in [-0.1, -0.05) is 0 Å². The Kier molecular flexibility index (Phi) is 3.49. The van der Waals surface area contributed by atoms with Crippen LogP contribution in [0.25, 0.3) is 11.0 Å². The highest BCUT2D eigenvalue weighted by Crippen LogP contribution is 2.20. The van der Waals surface area contributed by atoms with E-state index in [-0.39, 0.29) is 11.9 Å². The van der Waals surface area contributed by atoms with Crippen LogP contribution < -0.4 is 5.32 Å². The van der Waals surface area contributed by atoms with Crippen LogP contribution in [0.15, 0.2) is 28.7 Å². The van der Waals surface area contributed by atoms with E-state index in [2.05, 4.69) is 17.3 Å². The van der Waals surface area contributed by atoms with Crippen LogP contribution >= 0.6 is 0 Å². The number of carbonyl (C=O) groups is 1. The average Bonchev–Trinajstić information content (AvgIpc) is 2.77. The van der Waals surface area contributed by atoms with Crippen LogP contribution in [-0.2, 0) is 0 Å². The number of furan rings is 1. The van der Waals surface area contributed by atoms with Gasteiger partial charge in [-0.3, -0.25) is 4.79 Å². The average molecular weight is 272 g/mol. The van der Waals surface area contributed by atoms with Crippen LogP contribution in [-0.4, -0.2) is 37.0 Å². The lowest BCUT2D eigenvalue weighted by Gasteiger charge is -2.30. The molecular weight excluding hydrogens is 252 g/mol. The molecule has 1 saturated heterocycles. The van der Waals surface area contributed by atoms with Gasteiger partial charge in [0.05, 0.1) is 0 Å². The molecule has 1 aromatic heterocycles. The van der Waals surface area contributed by atoms with Crippen molar-refractivity contribution in [1.82, 2.24) is 10.2 Å². The monoisotopic (exact) mass is 272 g/mol. The molecule has 2 aromatic rings. The molecule has 0 radical (unpaired) electrons. The fourth-order valence-corrected chi connectivity index (χ4v) is 2.87. The molecule has 4 nitrogen and oxygen atoms in total. The van der Waals surface area contributed by atoms with Crippen molar-refractivity contribution in [3.8, 4) is 0 Å². The molecule has 1 aliphatic rings. The zero-order valence-corrected chi connectivity index (χ0v) is 12.0. The number of rotatable bonds is 2. The molecule has 0 aliphatic carbocycles. The Balaban J connectivity index is 1.74. The third-order valence-corrected chi connectivity index (χ3v) is 3.86. The maximum Gasteiger partial charge on any atom is 0.251 e. The zero-order chi connectivity index (χ0) is 14.1. The molecule has 0 saturated carbocycles. The van der Waals surface area contributed by atoms with Gasteiger partial charge in [0.25, 0.3) is 5.91 Å². The second kappa shape index (κ2) is 5.29. The molecule has 0 spiro atoms. The molecule has 4 heteroatoms. The molecule has 1 unspecified atom stereocenters. The maximum atomic E-state index is 12.3. The summed E-state index contributed by atoms with van der Waals surface area (Å²) in [6.07, 6.45) is 2.20. The molecule has 1 aliphatic heterocycles. The fraction of sp³-hybridized carbons (Fsp3) is 0.438. The van der Waals surface area contributed by atoms with Crippen molar-refractivity contribution in [2.45, 2.75) is 25.8 Å². The summed E-state index contributed by atoms with van der Waals surface area (Å²) in [6.45, 7) is 3.96. The predicted octanol–water partition coefficient (Wildman–Crippen LogP) is 2.57. The minimum Gasteiger partial charge on any atom is -0.461 e. The van der Waals surface area contributed by atoms with E-state index < -0.39 is 0 Å². The first-order chi connectivity index (χ1) is 9.61. The van der Waals surface area contributed by atoms with E-state index in [0.717, 1.165) is 42.7 Å². The second-order valence-electron chi connectivity index (χ2n) is 5.68. The van der Waals surface area contributed by atoms with Gasteiger partial charge in [-0.2, -0.15) is 0 Å². The van der Waals surface area contributed by atoms with Crippen molar-refractivity contribution in [2.24, 2.45) is 0 Å². The largest absolute Gasteiger partial charge is 0.461 e. The lowest BCUT2D eigenvalue weighted by molar-refractivity contribution is 0.0912. The molecule has 1 fully saturated rings. The number of amides is 1. The van der Waals surface area contributed by atoms with Crippen molar-refractivity contribution in [3.05, 3.63) is 35.6 Å². The number of nitrogens with one attached hydrogen (secondary N) is 1. The predicted molar refractivity (Wildman–Crippen MR) is 78.9 cm³/mol. The van der Waals surface area contributed by atoms with E-state index in [0.29, 0.717) is 5.56 Å². The number of nitrogens with zero attached hydrogens (tertiary/aromatic N) is 1. The van der Waals surface area contributed by atoms with Crippen LogP contribution in [0.1, 0.15) is 29.0 Å². The number of hydrogen-bond acceptors (Lipinski definition) is 3. The normalized spacial score (nSPS) is 20.2. The van der Waals surface area contributed by atoms with Crippen LogP contribution in [0.2, 0.25) is 0 Å². The van der Waals surface area contributed by atoms with E-state index in [1.165, 1.54) is 0 Å². The minimum atomic E-state index is 0.00560. The summed E-state index contributed by atoms with van der Waals surface area (Å²) in [7, 11) is 2.10. The van der Waals surface area contributed by atoms with Crippen molar-refractivity contribution >= 4 is 16.9 Å². The molecule has 0 bridgehead atoms. The SMILES string of the molecule is Cc1cc2cc(C(=O)NC3CCCN(C)C3)ccc2o1. The van der Waals surface area contributed by atoms with Gasteiger partial charge in [0.2, 0.25) is 0 Å². The standard InChI is InChI=1S/C16H20N2O2/c1-11-8-13-9-12(5-6-15(13)20-11)16(19)17-14-4-3-7-18(2)10-14/h5-6,8-9,14H,3-4,7,10H2,1-2H3,(H,17,19). The number of likely N-dealkylation sites (tertiary alicyclic amines) is 1. The molecule has 1 amide bonds. The van der Waals surface area contributed by atoms with Gasteiger partial charge in [-0.15, -0.1) is 0 Å². The van der Waals surface area contributed by atoms with Gasteiger partial charge in [-0.05, 0) is 57.6 Å². The Bertz CT molecular complexity index is 632. The molecule has 1 N–H and O–H groups in total. The third-order valence-electron chi connectivity index (χ3n) is 3.86. The van der Waals surface area contributed by atoms with Gasteiger partial charge < -0.3 is 14.6 Å². The summed E-state index contributed by atoms with van der Waals surface area (Å²) in [5, 5.41) is 4.11. The number of likely N-dealkylation sites (N-methyl/N-ethyl adjacent to an activating group) is 1. The first kappa shape index (κ1) is 13.2. The van der Waals surface area contributed by atoms with E-state index in [9.17, 15) is 4.79 Å². The Morgan fingerprint density at radius 3 is 3.05 bits per heavy atom. The minimum absolute atomic E-state index is 0.00560. The highest BCUT2D eigenvalue weighted by atomic mass is 16.3. The summed E-state index contributed by atoms with van der Waals surface area (Å²) in [6, 6.07) is 7.80. The van der Waals surface area contributed by atoms with Gasteiger partial charge >= 0.3 is 0 Å². The lowest BCUT2D eigenvalue weighted by Crippen LogP contribution is -2.46. The van der Waals surface area contributed by atoms with E-state index in [1.54, 1.807) is 0 Å². The highest BCUT2D eigenvalue weighted by Gasteiger charge is 2.19. The second-order valence-corrected chi connectivity index (χ2v) is 5.68. The number of benzene rings is 1. The van der Waals surface area contributed by atoms with Gasteiger partial charge in [0.15, 0.2) is 0 Å². The zero-order valence-electron chi connectivity index (χ0n) is 12.0. The van der Waals surface area contributed by atoms with E-state index >= 15 is 0 Å². The number of hydrogen-bond donors (Lipinski definition) is 1. The quantitative estimate of drug-likeness (QED) is 0.914. The van der Waals surface area contributed by atoms with Crippen LogP contribution in [0, 0.1) is 6.92 Å². The molecule has 2 heterocycles. The number of aryl methyl sites for hydroxylation is 1. The Hall–Kier alpha value is -1.81.